The van der Waals surface area contributed by atoms with E-state index < -0.39 is 12.2 Å². The Labute approximate surface area is 89.5 Å². The minimum absolute atomic E-state index is 0. The average molecular weight is 237 g/mol. The van der Waals surface area contributed by atoms with Gasteiger partial charge in [0.25, 0.3) is 0 Å². The van der Waals surface area contributed by atoms with Crippen LogP contribution in [-0.4, -0.2) is 26.4 Å². The minimum Gasteiger partial charge on any atom is -0.632 e. The Morgan fingerprint density at radius 3 is 1.09 bits per heavy atom. The Hall–Kier alpha value is -0.356. The molecule has 0 bridgehead atoms. The molecule has 2 N–H and O–H groups in total. The van der Waals surface area contributed by atoms with E-state index in [-0.39, 0.29) is 32.7 Å². The van der Waals surface area contributed by atoms with E-state index in [1.807, 2.05) is 0 Å². The standard InChI is InChI=1S/2C2H5NO2.Y/c2*1-5-2(3)4;/h2*1H3,(H2,3,4);/p-2. The Morgan fingerprint density at radius 1 is 1.00 bits per heavy atom. The zero-order chi connectivity index (χ0) is 8.57. The van der Waals surface area contributed by atoms with Crippen LogP contribution in [0.5, 0.6) is 0 Å². The van der Waals surface area contributed by atoms with Crippen molar-refractivity contribution in [3.63, 3.8) is 0 Å². The first-order valence-corrected chi connectivity index (χ1v) is 2.13. The van der Waals surface area contributed by atoms with Crippen LogP contribution in [0, 0.1) is 0 Å². The van der Waals surface area contributed by atoms with Gasteiger partial charge < -0.3 is 20.9 Å². The fraction of sp³-hybridized carbons (Fsp3) is 0.500. The Bertz CT molecular complexity index is 105. The van der Waals surface area contributed by atoms with Crippen LogP contribution in [0.25, 0.3) is 11.5 Å². The number of ether oxygens (including phenoxy) is 2. The number of amides is 2. The molecule has 0 rings (SSSR count). The quantitative estimate of drug-likeness (QED) is 0.638. The van der Waals surface area contributed by atoms with Gasteiger partial charge in [-0.25, -0.2) is 0 Å². The number of hydrogen-bond acceptors (Lipinski definition) is 4. The van der Waals surface area contributed by atoms with Crippen LogP contribution >= 0.6 is 0 Å². The van der Waals surface area contributed by atoms with Gasteiger partial charge in [0.05, 0.1) is 14.2 Å². The van der Waals surface area contributed by atoms with Gasteiger partial charge >= 0.3 is 0 Å². The third kappa shape index (κ3) is 42.4. The van der Waals surface area contributed by atoms with Crippen LogP contribution < -0.4 is 0 Å². The predicted molar refractivity (Wildman–Crippen MR) is 33.5 cm³/mol. The van der Waals surface area contributed by atoms with Crippen molar-refractivity contribution < 1.29 is 51.8 Å². The molecule has 0 aliphatic heterocycles. The molecule has 0 aliphatic carbocycles. The van der Waals surface area contributed by atoms with Gasteiger partial charge in [-0.15, -0.1) is 0 Å². The van der Waals surface area contributed by atoms with E-state index in [0.717, 1.165) is 14.2 Å². The first-order chi connectivity index (χ1) is 4.54. The molecule has 2 amide bonds. The molecule has 0 saturated carbocycles. The van der Waals surface area contributed by atoms with Crippen molar-refractivity contribution in [2.45, 2.75) is 0 Å². The monoisotopic (exact) mass is 237 g/mol. The van der Waals surface area contributed by atoms with Crippen molar-refractivity contribution in [1.29, 1.82) is 0 Å². The number of carbonyl (C=O) groups excluding carboxylic acids is 2. The molecular formula is C4H8N2O4Y-2. The second-order valence-corrected chi connectivity index (χ2v) is 0.983. The van der Waals surface area contributed by atoms with Gasteiger partial charge in [-0.1, -0.05) is 0 Å². The molecular weight excluding hydrogens is 229 g/mol. The van der Waals surface area contributed by atoms with E-state index in [1.54, 1.807) is 0 Å². The molecule has 63 valence electrons. The summed E-state index contributed by atoms with van der Waals surface area (Å²) >= 11 is 0. The second kappa shape index (κ2) is 12.3. The van der Waals surface area contributed by atoms with Gasteiger partial charge in [0, 0.05) is 32.7 Å². The molecule has 0 spiro atoms. The Balaban J connectivity index is -0.000000107. The summed E-state index contributed by atoms with van der Waals surface area (Å²) < 4.78 is 7.56. The molecule has 0 heterocycles. The van der Waals surface area contributed by atoms with E-state index in [9.17, 15) is 9.59 Å². The molecule has 7 heteroatoms. The molecule has 0 atom stereocenters. The zero-order valence-electron chi connectivity index (χ0n) is 6.21. The summed E-state index contributed by atoms with van der Waals surface area (Å²) in [6.07, 6.45) is -1.99. The fourth-order valence-corrected chi connectivity index (χ4v) is 0. The Morgan fingerprint density at radius 2 is 1.09 bits per heavy atom. The summed E-state index contributed by atoms with van der Waals surface area (Å²) in [5, 5.41) is 0. The smallest absolute Gasteiger partial charge is 0.226 e. The molecule has 6 nitrogen and oxygen atoms in total. The molecule has 0 aliphatic rings. The molecule has 0 unspecified atom stereocenters. The second-order valence-electron chi connectivity index (χ2n) is 0.983. The van der Waals surface area contributed by atoms with E-state index in [1.165, 1.54) is 0 Å². The number of methoxy groups -OCH3 is 2. The summed E-state index contributed by atoms with van der Waals surface area (Å²) in [5.74, 6) is 0. The summed E-state index contributed by atoms with van der Waals surface area (Å²) in [7, 11) is 2.32. The van der Waals surface area contributed by atoms with E-state index in [2.05, 4.69) is 9.47 Å². The van der Waals surface area contributed by atoms with Crippen LogP contribution in [0.15, 0.2) is 0 Å². The van der Waals surface area contributed by atoms with Gasteiger partial charge in [-0.05, 0) is 0 Å². The summed E-state index contributed by atoms with van der Waals surface area (Å²) in [5.41, 5.74) is 11.9. The first kappa shape index (κ1) is 16.9. The number of carbonyl (C=O) groups is 2. The van der Waals surface area contributed by atoms with Gasteiger partial charge in [0.1, 0.15) is 0 Å². The van der Waals surface area contributed by atoms with Gasteiger partial charge in [0.2, 0.25) is 12.2 Å². The van der Waals surface area contributed by atoms with Crippen molar-refractivity contribution in [3.05, 3.63) is 11.5 Å². The third-order valence-corrected chi connectivity index (χ3v) is 0.371. The predicted octanol–water partition coefficient (Wildman–Crippen LogP) is 1.61. The van der Waals surface area contributed by atoms with Gasteiger partial charge in [-0.3, -0.25) is 9.59 Å². The molecule has 0 aromatic rings. The fourth-order valence-electron chi connectivity index (χ4n) is 0. The molecule has 0 saturated heterocycles. The summed E-state index contributed by atoms with van der Waals surface area (Å²) in [4.78, 5) is 18.5. The largest absolute Gasteiger partial charge is 0.632 e. The van der Waals surface area contributed by atoms with E-state index in [4.69, 9.17) is 11.5 Å². The summed E-state index contributed by atoms with van der Waals surface area (Å²) in [6.45, 7) is 0. The third-order valence-electron chi connectivity index (χ3n) is 0.371. The zero-order valence-corrected chi connectivity index (χ0v) is 9.05. The number of hydrogen-bond donors (Lipinski definition) is 0. The molecule has 0 aromatic heterocycles. The molecule has 1 radical (unpaired) electrons. The summed E-state index contributed by atoms with van der Waals surface area (Å²) in [6, 6.07) is 0. The van der Waals surface area contributed by atoms with Crippen molar-refractivity contribution in [2.75, 3.05) is 14.2 Å². The van der Waals surface area contributed by atoms with Crippen molar-refractivity contribution in [1.82, 2.24) is 0 Å². The van der Waals surface area contributed by atoms with Gasteiger partial charge in [0.15, 0.2) is 0 Å². The number of rotatable bonds is 0. The maximum atomic E-state index is 9.26. The van der Waals surface area contributed by atoms with Gasteiger partial charge in [-0.2, -0.15) is 0 Å². The van der Waals surface area contributed by atoms with Crippen LogP contribution in [0.1, 0.15) is 0 Å². The van der Waals surface area contributed by atoms with Crippen LogP contribution in [-0.2, 0) is 42.2 Å². The topological polar surface area (TPSA) is 100 Å². The van der Waals surface area contributed by atoms with Crippen LogP contribution in [0.4, 0.5) is 9.59 Å². The maximum absolute atomic E-state index is 9.26. The molecule has 0 aromatic carbocycles. The minimum atomic E-state index is -0.995. The normalized spacial score (nSPS) is 6.00. The van der Waals surface area contributed by atoms with Crippen LogP contribution in [0.3, 0.4) is 0 Å². The van der Waals surface area contributed by atoms with E-state index in [0.29, 0.717) is 0 Å². The van der Waals surface area contributed by atoms with Crippen LogP contribution in [0.2, 0.25) is 0 Å². The SMILES string of the molecule is COC([NH-])=O.COC([NH-])=O.[Y]. The first-order valence-electron chi connectivity index (χ1n) is 2.13. The van der Waals surface area contributed by atoms with E-state index >= 15 is 0 Å². The number of nitrogens with one attached hydrogen (secondary N) is 2. The van der Waals surface area contributed by atoms with Crippen molar-refractivity contribution >= 4 is 12.2 Å². The maximum Gasteiger partial charge on any atom is 0.226 e. The molecule has 11 heavy (non-hydrogen) atoms. The van der Waals surface area contributed by atoms with Crippen molar-refractivity contribution in [2.24, 2.45) is 0 Å². The average Bonchev–Trinajstić information content (AvgIpc) is 1.89. The molecule has 0 fully saturated rings. The van der Waals surface area contributed by atoms with Crippen molar-refractivity contribution in [3.8, 4) is 0 Å². The Kier molecular flexibility index (Phi) is 19.0.